The quantitative estimate of drug-likeness (QED) is 0.832. The summed E-state index contributed by atoms with van der Waals surface area (Å²) in [6, 6.07) is 6.50. The molecule has 5 heteroatoms. The molecule has 0 radical (unpaired) electrons. The average Bonchev–Trinajstić information content (AvgIpc) is 3.31. The van der Waals surface area contributed by atoms with Crippen molar-refractivity contribution in [1.82, 2.24) is 4.90 Å². The van der Waals surface area contributed by atoms with Crippen LogP contribution in [-0.2, 0) is 20.8 Å². The van der Waals surface area contributed by atoms with Gasteiger partial charge in [0.05, 0.1) is 24.2 Å². The number of rotatable bonds is 5. The Kier molecular flexibility index (Phi) is 4.55. The summed E-state index contributed by atoms with van der Waals surface area (Å²) in [5, 5.41) is 0. The Balaban J connectivity index is 1.49. The number of benzene rings is 1. The summed E-state index contributed by atoms with van der Waals surface area (Å²) in [4.78, 5) is 15.0. The van der Waals surface area contributed by atoms with E-state index in [9.17, 15) is 9.18 Å². The number of nitrogens with zero attached hydrogens (tertiary/aromatic N) is 1. The van der Waals surface area contributed by atoms with E-state index in [-0.39, 0.29) is 36.0 Å². The molecule has 24 heavy (non-hydrogen) atoms. The normalized spacial score (nSPS) is 31.5. The molecule has 2 bridgehead atoms. The minimum atomic E-state index is -0.264. The molecule has 0 N–H and O–H groups in total. The molecule has 1 aromatic carbocycles. The lowest BCUT2D eigenvalue weighted by Gasteiger charge is -2.30. The van der Waals surface area contributed by atoms with Crippen molar-refractivity contribution in [1.29, 1.82) is 0 Å². The van der Waals surface area contributed by atoms with E-state index in [4.69, 9.17) is 9.47 Å². The molecule has 0 spiro atoms. The number of fused-ring (bicyclic) bond motifs is 2. The van der Waals surface area contributed by atoms with E-state index in [0.717, 1.165) is 44.3 Å². The lowest BCUT2D eigenvalue weighted by molar-refractivity contribution is -0.139. The number of hydrogen-bond donors (Lipinski definition) is 0. The van der Waals surface area contributed by atoms with Gasteiger partial charge in [0, 0.05) is 19.7 Å². The van der Waals surface area contributed by atoms with Crippen molar-refractivity contribution in [3.8, 4) is 0 Å². The predicted octanol–water partition coefficient (Wildman–Crippen LogP) is 2.90. The Morgan fingerprint density at radius 3 is 2.88 bits per heavy atom. The number of ether oxygens (including phenoxy) is 2. The van der Waals surface area contributed by atoms with Crippen LogP contribution in [-0.4, -0.2) is 42.3 Å². The first kappa shape index (κ1) is 16.0. The molecule has 3 saturated heterocycles. The van der Waals surface area contributed by atoms with Gasteiger partial charge in [0.2, 0.25) is 5.91 Å². The van der Waals surface area contributed by atoms with Crippen LogP contribution in [0.4, 0.5) is 4.39 Å². The third-order valence-electron chi connectivity index (χ3n) is 5.45. The molecule has 0 aromatic heterocycles. The number of carbonyl (C=O) groups excluding carboxylic acids is 1. The van der Waals surface area contributed by atoms with Crippen molar-refractivity contribution in [2.45, 2.75) is 57.0 Å². The molecule has 0 aliphatic carbocycles. The number of carbonyl (C=O) groups is 1. The first-order valence-electron chi connectivity index (χ1n) is 8.99. The molecule has 0 unspecified atom stereocenters. The number of hydrogen-bond acceptors (Lipinski definition) is 3. The van der Waals surface area contributed by atoms with Crippen LogP contribution in [0.3, 0.4) is 0 Å². The van der Waals surface area contributed by atoms with Gasteiger partial charge in [-0.05, 0) is 49.8 Å². The topological polar surface area (TPSA) is 38.8 Å². The van der Waals surface area contributed by atoms with Crippen LogP contribution in [0.2, 0.25) is 0 Å². The molecule has 3 fully saturated rings. The largest absolute Gasteiger partial charge is 0.376 e. The van der Waals surface area contributed by atoms with Crippen LogP contribution >= 0.6 is 0 Å². The SMILES string of the molecule is O=C([C@@H]1C[C@H]2CC[C@H]1O2)N(Cc1cccc(F)c1)C[C@H]1CCCO1. The molecule has 4 rings (SSSR count). The highest BCUT2D eigenvalue weighted by Crippen LogP contribution is 2.40. The second-order valence-electron chi connectivity index (χ2n) is 7.20. The van der Waals surface area contributed by atoms with E-state index in [1.54, 1.807) is 6.07 Å². The van der Waals surface area contributed by atoms with Gasteiger partial charge in [-0.15, -0.1) is 0 Å². The van der Waals surface area contributed by atoms with E-state index in [2.05, 4.69) is 0 Å². The van der Waals surface area contributed by atoms with Gasteiger partial charge < -0.3 is 14.4 Å². The molecule has 3 aliphatic rings. The molecule has 0 saturated carbocycles. The summed E-state index contributed by atoms with van der Waals surface area (Å²) < 4.78 is 25.1. The standard InChI is InChI=1S/C19H24FNO3/c20-14-4-1-3-13(9-14)11-21(12-16-5-2-8-23-16)19(22)17-10-15-6-7-18(17)24-15/h1,3-4,9,15-18H,2,5-8,10-12H2/t15-,16-,17-,18-/m1/s1. The minimum absolute atomic E-state index is 0.0429. The molecule has 1 aromatic rings. The maximum absolute atomic E-state index is 13.5. The Morgan fingerprint density at radius 2 is 2.21 bits per heavy atom. The van der Waals surface area contributed by atoms with Gasteiger partial charge in [-0.1, -0.05) is 12.1 Å². The third kappa shape index (κ3) is 3.33. The fourth-order valence-corrected chi connectivity index (χ4v) is 4.25. The lowest BCUT2D eigenvalue weighted by atomic mass is 9.88. The summed E-state index contributed by atoms with van der Waals surface area (Å²) in [5.41, 5.74) is 0.824. The van der Waals surface area contributed by atoms with Gasteiger partial charge in [0.25, 0.3) is 0 Å². The summed E-state index contributed by atoms with van der Waals surface area (Å²) >= 11 is 0. The van der Waals surface area contributed by atoms with Gasteiger partial charge >= 0.3 is 0 Å². The molecule has 130 valence electrons. The molecular weight excluding hydrogens is 309 g/mol. The highest BCUT2D eigenvalue weighted by atomic mass is 19.1. The van der Waals surface area contributed by atoms with E-state index in [0.29, 0.717) is 13.1 Å². The van der Waals surface area contributed by atoms with Crippen LogP contribution in [0, 0.1) is 11.7 Å². The predicted molar refractivity (Wildman–Crippen MR) is 86.8 cm³/mol. The zero-order chi connectivity index (χ0) is 16.5. The highest BCUT2D eigenvalue weighted by Gasteiger charge is 2.46. The Morgan fingerprint density at radius 1 is 1.29 bits per heavy atom. The first-order chi connectivity index (χ1) is 11.7. The highest BCUT2D eigenvalue weighted by molar-refractivity contribution is 5.80. The van der Waals surface area contributed by atoms with Gasteiger partial charge in [-0.2, -0.15) is 0 Å². The smallest absolute Gasteiger partial charge is 0.228 e. The monoisotopic (exact) mass is 333 g/mol. The molecular formula is C19H24FNO3. The van der Waals surface area contributed by atoms with Crippen LogP contribution in [0.1, 0.15) is 37.7 Å². The zero-order valence-electron chi connectivity index (χ0n) is 13.8. The number of amides is 1. The van der Waals surface area contributed by atoms with Gasteiger partial charge in [-0.3, -0.25) is 4.79 Å². The van der Waals surface area contributed by atoms with Crippen LogP contribution in [0.5, 0.6) is 0 Å². The molecule has 4 nitrogen and oxygen atoms in total. The fourth-order valence-electron chi connectivity index (χ4n) is 4.25. The summed E-state index contributed by atoms with van der Waals surface area (Å²) in [6.07, 6.45) is 5.34. The van der Waals surface area contributed by atoms with Crippen molar-refractivity contribution in [2.75, 3.05) is 13.2 Å². The van der Waals surface area contributed by atoms with E-state index >= 15 is 0 Å². The van der Waals surface area contributed by atoms with Crippen LogP contribution in [0.15, 0.2) is 24.3 Å². The maximum Gasteiger partial charge on any atom is 0.228 e. The van der Waals surface area contributed by atoms with Gasteiger partial charge in [0.1, 0.15) is 5.82 Å². The first-order valence-corrected chi connectivity index (χ1v) is 8.99. The molecule has 1 amide bonds. The second kappa shape index (κ2) is 6.81. The van der Waals surface area contributed by atoms with Crippen molar-refractivity contribution in [3.63, 3.8) is 0 Å². The Labute approximate surface area is 141 Å². The van der Waals surface area contributed by atoms with Crippen LogP contribution < -0.4 is 0 Å². The van der Waals surface area contributed by atoms with Gasteiger partial charge in [0.15, 0.2) is 0 Å². The van der Waals surface area contributed by atoms with E-state index in [1.807, 2.05) is 11.0 Å². The molecule has 4 atom stereocenters. The minimum Gasteiger partial charge on any atom is -0.376 e. The summed E-state index contributed by atoms with van der Waals surface area (Å²) in [6.45, 7) is 1.79. The van der Waals surface area contributed by atoms with Crippen molar-refractivity contribution in [2.24, 2.45) is 5.92 Å². The lowest BCUT2D eigenvalue weighted by Crippen LogP contribution is -2.43. The molecule has 3 aliphatic heterocycles. The Hall–Kier alpha value is -1.46. The van der Waals surface area contributed by atoms with Crippen molar-refractivity contribution < 1.29 is 18.7 Å². The third-order valence-corrected chi connectivity index (χ3v) is 5.45. The van der Waals surface area contributed by atoms with E-state index < -0.39 is 0 Å². The summed E-state index contributed by atoms with van der Waals surface area (Å²) in [5.74, 6) is -0.166. The number of halogens is 1. The second-order valence-corrected chi connectivity index (χ2v) is 7.20. The van der Waals surface area contributed by atoms with Crippen LogP contribution in [0.25, 0.3) is 0 Å². The summed E-state index contributed by atoms with van der Waals surface area (Å²) in [7, 11) is 0. The van der Waals surface area contributed by atoms with Gasteiger partial charge in [-0.25, -0.2) is 4.39 Å². The van der Waals surface area contributed by atoms with E-state index in [1.165, 1.54) is 12.1 Å². The maximum atomic E-state index is 13.5. The average molecular weight is 333 g/mol. The van der Waals surface area contributed by atoms with Crippen molar-refractivity contribution >= 4 is 5.91 Å². The van der Waals surface area contributed by atoms with Crippen molar-refractivity contribution in [3.05, 3.63) is 35.6 Å². The zero-order valence-corrected chi connectivity index (χ0v) is 13.8. The Bertz CT molecular complexity index is 602. The fraction of sp³-hybridized carbons (Fsp3) is 0.632. The molecule has 3 heterocycles.